The Morgan fingerprint density at radius 1 is 1.33 bits per heavy atom. The quantitative estimate of drug-likeness (QED) is 0.888. The number of nitrogens with zero attached hydrogens (tertiary/aromatic N) is 2. The van der Waals surface area contributed by atoms with Crippen LogP contribution in [0.3, 0.4) is 0 Å². The molecule has 0 spiro atoms. The molecule has 2 rings (SSSR count). The van der Waals surface area contributed by atoms with Crippen LogP contribution in [0.15, 0.2) is 0 Å². The highest BCUT2D eigenvalue weighted by Crippen LogP contribution is 2.46. The SMILES string of the molecule is Cc1nc(C2(C)CC2)nc(C)c1CC(C)C(=O)O. The lowest BCUT2D eigenvalue weighted by Gasteiger charge is -2.15. The molecule has 0 aromatic carbocycles. The van der Waals surface area contributed by atoms with E-state index in [0.717, 1.165) is 35.6 Å². The zero-order valence-electron chi connectivity index (χ0n) is 11.4. The van der Waals surface area contributed by atoms with E-state index in [1.54, 1.807) is 6.92 Å². The molecule has 1 aliphatic rings. The van der Waals surface area contributed by atoms with Crippen LogP contribution in [-0.2, 0) is 16.6 Å². The molecule has 1 aliphatic carbocycles. The van der Waals surface area contributed by atoms with Crippen LogP contribution in [0.25, 0.3) is 0 Å². The molecule has 1 aromatic heterocycles. The van der Waals surface area contributed by atoms with E-state index in [1.807, 2.05) is 13.8 Å². The van der Waals surface area contributed by atoms with Crippen LogP contribution in [0.2, 0.25) is 0 Å². The molecule has 1 N–H and O–H groups in total. The van der Waals surface area contributed by atoms with Crippen molar-refractivity contribution in [2.75, 3.05) is 0 Å². The van der Waals surface area contributed by atoms with Crippen molar-refractivity contribution in [1.29, 1.82) is 0 Å². The zero-order valence-corrected chi connectivity index (χ0v) is 11.4. The summed E-state index contributed by atoms with van der Waals surface area (Å²) in [5, 5.41) is 8.98. The third-order valence-corrected chi connectivity index (χ3v) is 3.89. The number of hydrogen-bond donors (Lipinski definition) is 1. The van der Waals surface area contributed by atoms with Gasteiger partial charge >= 0.3 is 5.97 Å². The maximum Gasteiger partial charge on any atom is 0.306 e. The predicted molar refractivity (Wildman–Crippen MR) is 68.6 cm³/mol. The lowest BCUT2D eigenvalue weighted by atomic mass is 9.98. The molecule has 0 amide bonds. The van der Waals surface area contributed by atoms with Gasteiger partial charge in [-0.15, -0.1) is 0 Å². The minimum atomic E-state index is -0.771. The van der Waals surface area contributed by atoms with E-state index in [-0.39, 0.29) is 5.41 Å². The Labute approximate surface area is 107 Å². The first-order valence-electron chi connectivity index (χ1n) is 6.41. The van der Waals surface area contributed by atoms with Gasteiger partial charge in [0.2, 0.25) is 0 Å². The van der Waals surface area contributed by atoms with Crippen LogP contribution in [-0.4, -0.2) is 21.0 Å². The second kappa shape index (κ2) is 4.34. The normalized spacial score (nSPS) is 18.4. The Bertz CT molecular complexity index is 470. The Balaban J connectivity index is 2.29. The molecule has 0 bridgehead atoms. The molecule has 0 radical (unpaired) electrons. The van der Waals surface area contributed by atoms with E-state index in [4.69, 9.17) is 5.11 Å². The molecule has 0 aliphatic heterocycles. The van der Waals surface area contributed by atoms with Crippen LogP contribution in [0.5, 0.6) is 0 Å². The largest absolute Gasteiger partial charge is 0.481 e. The smallest absolute Gasteiger partial charge is 0.306 e. The summed E-state index contributed by atoms with van der Waals surface area (Å²) >= 11 is 0. The first-order chi connectivity index (χ1) is 8.33. The molecule has 1 atom stereocenters. The molecule has 4 nitrogen and oxygen atoms in total. The van der Waals surface area contributed by atoms with Crippen LogP contribution in [0, 0.1) is 19.8 Å². The number of aromatic nitrogens is 2. The highest BCUT2D eigenvalue weighted by Gasteiger charge is 2.42. The Morgan fingerprint density at radius 3 is 2.22 bits per heavy atom. The van der Waals surface area contributed by atoms with E-state index in [9.17, 15) is 4.79 Å². The lowest BCUT2D eigenvalue weighted by molar-refractivity contribution is -0.141. The van der Waals surface area contributed by atoms with Gasteiger partial charge < -0.3 is 5.11 Å². The van der Waals surface area contributed by atoms with Crippen molar-refractivity contribution in [2.45, 2.75) is 52.4 Å². The minimum absolute atomic E-state index is 0.159. The van der Waals surface area contributed by atoms with Gasteiger partial charge in [0.15, 0.2) is 0 Å². The minimum Gasteiger partial charge on any atom is -0.481 e. The van der Waals surface area contributed by atoms with Crippen LogP contribution < -0.4 is 0 Å². The van der Waals surface area contributed by atoms with Gasteiger partial charge in [0.1, 0.15) is 5.82 Å². The number of hydrogen-bond acceptors (Lipinski definition) is 3. The second-order valence-corrected chi connectivity index (χ2v) is 5.70. The Hall–Kier alpha value is -1.45. The number of aryl methyl sites for hydroxylation is 2. The summed E-state index contributed by atoms with van der Waals surface area (Å²) < 4.78 is 0. The monoisotopic (exact) mass is 248 g/mol. The summed E-state index contributed by atoms with van der Waals surface area (Å²) in [6.07, 6.45) is 2.80. The van der Waals surface area contributed by atoms with Gasteiger partial charge in [0.25, 0.3) is 0 Å². The predicted octanol–water partition coefficient (Wildman–Crippen LogP) is 2.41. The average molecular weight is 248 g/mol. The van der Waals surface area contributed by atoms with Crippen molar-refractivity contribution in [3.8, 4) is 0 Å². The molecule has 1 fully saturated rings. The van der Waals surface area contributed by atoms with Crippen molar-refractivity contribution in [2.24, 2.45) is 5.92 Å². The fourth-order valence-electron chi connectivity index (χ4n) is 2.11. The van der Waals surface area contributed by atoms with Crippen molar-refractivity contribution < 1.29 is 9.90 Å². The zero-order chi connectivity index (χ0) is 13.5. The number of aliphatic carboxylic acids is 1. The molecule has 1 unspecified atom stereocenters. The van der Waals surface area contributed by atoms with Gasteiger partial charge in [0.05, 0.1) is 5.92 Å². The Morgan fingerprint density at radius 2 is 1.83 bits per heavy atom. The third-order valence-electron chi connectivity index (χ3n) is 3.89. The van der Waals surface area contributed by atoms with Gasteiger partial charge in [-0.3, -0.25) is 4.79 Å². The maximum absolute atomic E-state index is 10.9. The number of rotatable bonds is 4. The summed E-state index contributed by atoms with van der Waals surface area (Å²) in [4.78, 5) is 20.1. The van der Waals surface area contributed by atoms with E-state index in [2.05, 4.69) is 16.9 Å². The molecular formula is C14H20N2O2. The van der Waals surface area contributed by atoms with Gasteiger partial charge in [-0.2, -0.15) is 0 Å². The fourth-order valence-corrected chi connectivity index (χ4v) is 2.11. The molecule has 1 heterocycles. The number of carbonyl (C=O) groups is 1. The highest BCUT2D eigenvalue weighted by molar-refractivity contribution is 5.70. The van der Waals surface area contributed by atoms with Crippen LogP contribution in [0.1, 0.15) is 49.5 Å². The molecular weight excluding hydrogens is 228 g/mol. The number of carboxylic acid groups (broad SMARTS) is 1. The van der Waals surface area contributed by atoms with E-state index in [1.165, 1.54) is 0 Å². The fraction of sp³-hybridized carbons (Fsp3) is 0.643. The van der Waals surface area contributed by atoms with E-state index < -0.39 is 11.9 Å². The van der Waals surface area contributed by atoms with Crippen molar-refractivity contribution >= 4 is 5.97 Å². The molecule has 98 valence electrons. The standard InChI is InChI=1S/C14H20N2O2/c1-8(12(17)18)7-11-9(2)15-13(16-10(11)3)14(4)5-6-14/h8H,5-7H2,1-4H3,(H,17,18). The van der Waals surface area contributed by atoms with Gasteiger partial charge in [-0.25, -0.2) is 9.97 Å². The molecule has 4 heteroatoms. The maximum atomic E-state index is 10.9. The highest BCUT2D eigenvalue weighted by atomic mass is 16.4. The van der Waals surface area contributed by atoms with Crippen LogP contribution in [0.4, 0.5) is 0 Å². The summed E-state index contributed by atoms with van der Waals surface area (Å²) in [7, 11) is 0. The Kier molecular flexibility index (Phi) is 3.13. The lowest BCUT2D eigenvalue weighted by Crippen LogP contribution is -2.17. The van der Waals surface area contributed by atoms with Crippen molar-refractivity contribution in [1.82, 2.24) is 9.97 Å². The molecule has 18 heavy (non-hydrogen) atoms. The molecule has 1 saturated carbocycles. The summed E-state index contributed by atoms with van der Waals surface area (Å²) in [6, 6.07) is 0. The third kappa shape index (κ3) is 2.37. The summed E-state index contributed by atoms with van der Waals surface area (Å²) in [5.74, 6) is -0.246. The summed E-state index contributed by atoms with van der Waals surface area (Å²) in [5.41, 5.74) is 3.00. The number of carboxylic acids is 1. The van der Waals surface area contributed by atoms with E-state index in [0.29, 0.717) is 6.42 Å². The molecule has 0 saturated heterocycles. The van der Waals surface area contributed by atoms with Crippen molar-refractivity contribution in [3.05, 3.63) is 22.8 Å². The first-order valence-corrected chi connectivity index (χ1v) is 6.41. The van der Waals surface area contributed by atoms with Crippen LogP contribution >= 0.6 is 0 Å². The van der Waals surface area contributed by atoms with E-state index >= 15 is 0 Å². The van der Waals surface area contributed by atoms with Gasteiger partial charge in [-0.05, 0) is 38.7 Å². The van der Waals surface area contributed by atoms with Gasteiger partial charge in [0, 0.05) is 16.8 Å². The average Bonchev–Trinajstić information content (AvgIpc) is 3.02. The second-order valence-electron chi connectivity index (χ2n) is 5.70. The van der Waals surface area contributed by atoms with Crippen molar-refractivity contribution in [3.63, 3.8) is 0 Å². The first kappa shape index (κ1) is 13.0. The van der Waals surface area contributed by atoms with Gasteiger partial charge in [-0.1, -0.05) is 13.8 Å². The summed E-state index contributed by atoms with van der Waals surface area (Å²) in [6.45, 7) is 7.81. The topological polar surface area (TPSA) is 63.1 Å². The molecule has 1 aromatic rings.